The maximum Gasteiger partial charge on any atom is 0.271 e. The highest BCUT2D eigenvalue weighted by Gasteiger charge is 2.30. The molecule has 2 aromatic rings. The molecule has 8 heteroatoms. The van der Waals surface area contributed by atoms with Gasteiger partial charge in [-0.3, -0.25) is 9.89 Å². The standard InChI is InChI=1S/C19H24ClN3O4/c1-19(2)10-12(6-7-27-19)21-18(24)16-8-13(22-23-16)11-26-17-5-4-14(25-3)9-15(17)20/h4-5,8-9,12H,6-7,10-11H2,1-3H3,(H,21,24)(H,22,23). The molecule has 2 heterocycles. The minimum Gasteiger partial charge on any atom is -0.497 e. The zero-order valence-corrected chi connectivity index (χ0v) is 16.4. The Labute approximate surface area is 163 Å². The van der Waals surface area contributed by atoms with Crippen LogP contribution in [0.1, 0.15) is 42.9 Å². The molecule has 1 saturated heterocycles. The summed E-state index contributed by atoms with van der Waals surface area (Å²) in [5.74, 6) is 0.981. The van der Waals surface area contributed by atoms with Crippen LogP contribution in [-0.2, 0) is 11.3 Å². The number of hydrogen-bond donors (Lipinski definition) is 2. The molecule has 3 rings (SSSR count). The number of H-pyrrole nitrogens is 1. The summed E-state index contributed by atoms with van der Waals surface area (Å²) in [6.07, 6.45) is 1.57. The van der Waals surface area contributed by atoms with Gasteiger partial charge in [-0.05, 0) is 44.9 Å². The predicted octanol–water partition coefficient (Wildman–Crippen LogP) is 3.34. The molecule has 0 radical (unpaired) electrons. The zero-order chi connectivity index (χ0) is 19.4. The van der Waals surface area contributed by atoms with Gasteiger partial charge in [-0.15, -0.1) is 0 Å². The van der Waals surface area contributed by atoms with Crippen molar-refractivity contribution in [3.05, 3.63) is 40.7 Å². The van der Waals surface area contributed by atoms with Gasteiger partial charge in [0.05, 0.1) is 23.4 Å². The van der Waals surface area contributed by atoms with Crippen molar-refractivity contribution in [2.45, 2.75) is 44.9 Å². The summed E-state index contributed by atoms with van der Waals surface area (Å²) in [5.41, 5.74) is 0.788. The lowest BCUT2D eigenvalue weighted by Crippen LogP contribution is -2.45. The van der Waals surface area contributed by atoms with Gasteiger partial charge in [0.2, 0.25) is 0 Å². The number of amides is 1. The van der Waals surface area contributed by atoms with Crippen LogP contribution < -0.4 is 14.8 Å². The molecular weight excluding hydrogens is 370 g/mol. The molecule has 1 unspecified atom stereocenters. The van der Waals surface area contributed by atoms with Crippen LogP contribution in [0.15, 0.2) is 24.3 Å². The molecule has 1 aromatic carbocycles. The number of nitrogens with zero attached hydrogens (tertiary/aromatic N) is 1. The third-order valence-corrected chi connectivity index (χ3v) is 4.71. The lowest BCUT2D eigenvalue weighted by atomic mass is 9.94. The van der Waals surface area contributed by atoms with Gasteiger partial charge in [-0.1, -0.05) is 11.6 Å². The number of carbonyl (C=O) groups is 1. The first-order chi connectivity index (χ1) is 12.9. The number of halogens is 1. The molecular formula is C19H24ClN3O4. The van der Waals surface area contributed by atoms with Crippen LogP contribution in [0.25, 0.3) is 0 Å². The zero-order valence-electron chi connectivity index (χ0n) is 15.7. The fourth-order valence-corrected chi connectivity index (χ4v) is 3.27. The van der Waals surface area contributed by atoms with Gasteiger partial charge in [0.1, 0.15) is 23.8 Å². The van der Waals surface area contributed by atoms with E-state index in [1.807, 2.05) is 13.8 Å². The molecule has 146 valence electrons. The Bertz CT molecular complexity index is 806. The van der Waals surface area contributed by atoms with Crippen molar-refractivity contribution >= 4 is 17.5 Å². The van der Waals surface area contributed by atoms with E-state index in [0.29, 0.717) is 34.5 Å². The van der Waals surface area contributed by atoms with E-state index in [-0.39, 0.29) is 24.2 Å². The number of methoxy groups -OCH3 is 1. The number of aromatic amines is 1. The van der Waals surface area contributed by atoms with E-state index in [2.05, 4.69) is 15.5 Å². The van der Waals surface area contributed by atoms with Gasteiger partial charge < -0.3 is 19.5 Å². The van der Waals surface area contributed by atoms with E-state index in [4.69, 9.17) is 25.8 Å². The van der Waals surface area contributed by atoms with Gasteiger partial charge in [-0.2, -0.15) is 5.10 Å². The maximum atomic E-state index is 12.4. The number of benzene rings is 1. The average Bonchev–Trinajstić information content (AvgIpc) is 3.09. The molecule has 27 heavy (non-hydrogen) atoms. The van der Waals surface area contributed by atoms with Gasteiger partial charge in [0, 0.05) is 18.7 Å². The van der Waals surface area contributed by atoms with Crippen LogP contribution in [-0.4, -0.2) is 41.5 Å². The van der Waals surface area contributed by atoms with Crippen LogP contribution in [0, 0.1) is 0 Å². The van der Waals surface area contributed by atoms with Crippen molar-refractivity contribution in [1.82, 2.24) is 15.5 Å². The van der Waals surface area contributed by atoms with Gasteiger partial charge in [0.15, 0.2) is 0 Å². The Morgan fingerprint density at radius 3 is 2.96 bits per heavy atom. The Morgan fingerprint density at radius 1 is 1.44 bits per heavy atom. The second-order valence-electron chi connectivity index (χ2n) is 7.13. The van der Waals surface area contributed by atoms with Crippen molar-refractivity contribution < 1.29 is 19.0 Å². The SMILES string of the molecule is COc1ccc(OCc2cc(C(=O)NC3CCOC(C)(C)C3)n[nH]2)c(Cl)c1. The molecule has 2 N–H and O–H groups in total. The van der Waals surface area contributed by atoms with E-state index in [9.17, 15) is 4.79 Å². The smallest absolute Gasteiger partial charge is 0.271 e. The summed E-state index contributed by atoms with van der Waals surface area (Å²) in [7, 11) is 1.57. The lowest BCUT2D eigenvalue weighted by Gasteiger charge is -2.35. The normalized spacial score (nSPS) is 18.7. The van der Waals surface area contributed by atoms with E-state index in [1.54, 1.807) is 31.4 Å². The second kappa shape index (κ2) is 8.19. The molecule has 1 fully saturated rings. The van der Waals surface area contributed by atoms with E-state index in [0.717, 1.165) is 12.8 Å². The average molecular weight is 394 g/mol. The lowest BCUT2D eigenvalue weighted by molar-refractivity contribution is -0.0615. The maximum absolute atomic E-state index is 12.4. The summed E-state index contributed by atoms with van der Waals surface area (Å²) < 4.78 is 16.5. The van der Waals surface area contributed by atoms with Crippen LogP contribution in [0.3, 0.4) is 0 Å². The Balaban J connectivity index is 1.55. The van der Waals surface area contributed by atoms with Crippen molar-refractivity contribution in [3.8, 4) is 11.5 Å². The van der Waals surface area contributed by atoms with Gasteiger partial charge >= 0.3 is 0 Å². The van der Waals surface area contributed by atoms with E-state index in [1.165, 1.54) is 0 Å². The number of aromatic nitrogens is 2. The Morgan fingerprint density at radius 2 is 2.26 bits per heavy atom. The number of nitrogens with one attached hydrogen (secondary N) is 2. The minimum absolute atomic E-state index is 0.0794. The summed E-state index contributed by atoms with van der Waals surface area (Å²) >= 11 is 6.16. The molecule has 1 aromatic heterocycles. The molecule has 1 aliphatic heterocycles. The monoisotopic (exact) mass is 393 g/mol. The summed E-state index contributed by atoms with van der Waals surface area (Å²) in [6, 6.07) is 6.94. The number of hydrogen-bond acceptors (Lipinski definition) is 5. The Kier molecular flexibility index (Phi) is 5.92. The summed E-state index contributed by atoms with van der Waals surface area (Å²) in [4.78, 5) is 12.4. The molecule has 0 bridgehead atoms. The molecule has 0 aliphatic carbocycles. The first-order valence-electron chi connectivity index (χ1n) is 8.82. The highest BCUT2D eigenvalue weighted by atomic mass is 35.5. The highest BCUT2D eigenvalue weighted by Crippen LogP contribution is 2.29. The molecule has 1 aliphatic rings. The predicted molar refractivity (Wildman–Crippen MR) is 101 cm³/mol. The quantitative estimate of drug-likeness (QED) is 0.786. The third kappa shape index (κ3) is 5.14. The molecule has 1 atom stereocenters. The molecule has 0 spiro atoms. The minimum atomic E-state index is -0.224. The van der Waals surface area contributed by atoms with Crippen LogP contribution in [0.5, 0.6) is 11.5 Å². The van der Waals surface area contributed by atoms with E-state index < -0.39 is 0 Å². The molecule has 7 nitrogen and oxygen atoms in total. The van der Waals surface area contributed by atoms with Crippen LogP contribution in [0.2, 0.25) is 5.02 Å². The van der Waals surface area contributed by atoms with Crippen molar-refractivity contribution in [1.29, 1.82) is 0 Å². The first kappa shape index (κ1) is 19.5. The van der Waals surface area contributed by atoms with Gasteiger partial charge in [0.25, 0.3) is 5.91 Å². The fraction of sp³-hybridized carbons (Fsp3) is 0.474. The third-order valence-electron chi connectivity index (χ3n) is 4.42. The fourth-order valence-electron chi connectivity index (χ4n) is 3.05. The van der Waals surface area contributed by atoms with Crippen molar-refractivity contribution in [3.63, 3.8) is 0 Å². The molecule has 1 amide bonds. The number of carbonyl (C=O) groups excluding carboxylic acids is 1. The van der Waals surface area contributed by atoms with Crippen molar-refractivity contribution in [2.24, 2.45) is 0 Å². The summed E-state index contributed by atoms with van der Waals surface area (Å²) in [5, 5.41) is 10.4. The second-order valence-corrected chi connectivity index (χ2v) is 7.54. The first-order valence-corrected chi connectivity index (χ1v) is 9.19. The number of rotatable bonds is 6. The number of ether oxygens (including phenoxy) is 3. The Hall–Kier alpha value is -2.25. The van der Waals surface area contributed by atoms with Crippen molar-refractivity contribution in [2.75, 3.05) is 13.7 Å². The summed E-state index contributed by atoms with van der Waals surface area (Å²) in [6.45, 7) is 4.91. The topological polar surface area (TPSA) is 85.5 Å². The van der Waals surface area contributed by atoms with E-state index >= 15 is 0 Å². The highest BCUT2D eigenvalue weighted by molar-refractivity contribution is 6.32. The van der Waals surface area contributed by atoms with Crippen LogP contribution in [0.4, 0.5) is 0 Å². The van der Waals surface area contributed by atoms with Crippen LogP contribution >= 0.6 is 11.6 Å². The van der Waals surface area contributed by atoms with Gasteiger partial charge in [-0.25, -0.2) is 0 Å². The molecule has 0 saturated carbocycles. The largest absolute Gasteiger partial charge is 0.497 e.